The molecule has 5 nitrogen and oxygen atoms in total. The first-order valence-electron chi connectivity index (χ1n) is 5.82. The molecule has 0 aliphatic carbocycles. The highest BCUT2D eigenvalue weighted by molar-refractivity contribution is 7.89. The van der Waals surface area contributed by atoms with E-state index in [1.165, 1.54) is 11.3 Å². The lowest BCUT2D eigenvalue weighted by Crippen LogP contribution is -2.27. The van der Waals surface area contributed by atoms with E-state index in [1.807, 2.05) is 26.0 Å². The number of thiophene rings is 1. The van der Waals surface area contributed by atoms with Crippen LogP contribution in [-0.4, -0.2) is 47.6 Å². The van der Waals surface area contributed by atoms with Crippen molar-refractivity contribution in [3.05, 3.63) is 16.3 Å². The smallest absolute Gasteiger partial charge is 0.241 e. The van der Waals surface area contributed by atoms with E-state index in [0.29, 0.717) is 18.0 Å². The van der Waals surface area contributed by atoms with Gasteiger partial charge in [-0.3, -0.25) is 0 Å². The fraction of sp³-hybridized carbons (Fsp3) is 0.636. The normalized spacial score (nSPS) is 12.2. The van der Waals surface area contributed by atoms with Crippen molar-refractivity contribution < 1.29 is 8.42 Å². The van der Waals surface area contributed by atoms with E-state index in [1.54, 1.807) is 11.4 Å². The second-order valence-electron chi connectivity index (χ2n) is 4.33. The first-order valence-corrected chi connectivity index (χ1v) is 8.18. The van der Waals surface area contributed by atoms with Crippen molar-refractivity contribution in [2.24, 2.45) is 0 Å². The van der Waals surface area contributed by atoms with Crippen molar-refractivity contribution in [2.75, 3.05) is 34.2 Å². The molecular weight excluding hydrogens is 270 g/mol. The van der Waals surface area contributed by atoms with Gasteiger partial charge in [0.25, 0.3) is 0 Å². The Hall–Kier alpha value is -0.470. The Morgan fingerprint density at radius 1 is 1.39 bits per heavy atom. The molecule has 1 heterocycles. The molecule has 0 saturated heterocycles. The van der Waals surface area contributed by atoms with E-state index in [4.69, 9.17) is 0 Å². The minimum absolute atomic E-state index is 0.364. The summed E-state index contributed by atoms with van der Waals surface area (Å²) in [7, 11) is 2.44. The van der Waals surface area contributed by atoms with Gasteiger partial charge in [-0.1, -0.05) is 0 Å². The van der Waals surface area contributed by atoms with Crippen LogP contribution in [0.15, 0.2) is 16.3 Å². The van der Waals surface area contributed by atoms with Crippen molar-refractivity contribution in [3.63, 3.8) is 0 Å². The second kappa shape index (κ2) is 7.20. The lowest BCUT2D eigenvalue weighted by molar-refractivity contribution is 0.400. The second-order valence-corrected chi connectivity index (χ2v) is 7.10. The van der Waals surface area contributed by atoms with Gasteiger partial charge in [0.2, 0.25) is 10.0 Å². The lowest BCUT2D eigenvalue weighted by Gasteiger charge is -2.09. The van der Waals surface area contributed by atoms with E-state index in [-0.39, 0.29) is 0 Å². The molecular formula is C11H21N3O2S2. The molecule has 0 fully saturated rings. The first-order chi connectivity index (χ1) is 8.45. The maximum Gasteiger partial charge on any atom is 0.241 e. The largest absolute Gasteiger partial charge is 0.315 e. The molecule has 0 saturated carbocycles. The number of nitrogens with one attached hydrogen (secondary N) is 2. The summed E-state index contributed by atoms with van der Waals surface area (Å²) in [4.78, 5) is 3.41. The number of hydrogen-bond donors (Lipinski definition) is 2. The van der Waals surface area contributed by atoms with Gasteiger partial charge in [0.15, 0.2) is 0 Å². The molecule has 1 aromatic rings. The van der Waals surface area contributed by atoms with Crippen LogP contribution in [0.2, 0.25) is 0 Å². The standard InChI is InChI=1S/C11H21N3O2S2/c1-12-8-10-7-11(9-17-10)18(15,16)13-5-4-6-14(2)3/h7,9,12-13H,4-6,8H2,1-3H3. The zero-order chi connectivity index (χ0) is 13.6. The molecule has 0 aliphatic heterocycles. The zero-order valence-corrected chi connectivity index (χ0v) is 12.7. The average molecular weight is 291 g/mol. The van der Waals surface area contributed by atoms with Gasteiger partial charge in [0.1, 0.15) is 0 Å². The molecule has 0 unspecified atom stereocenters. The molecule has 0 aromatic carbocycles. The topological polar surface area (TPSA) is 61.4 Å². The summed E-state index contributed by atoms with van der Waals surface area (Å²) >= 11 is 1.46. The summed E-state index contributed by atoms with van der Waals surface area (Å²) in [5, 5.41) is 4.68. The third-order valence-corrected chi connectivity index (χ3v) is 4.89. The van der Waals surface area contributed by atoms with Crippen LogP contribution in [-0.2, 0) is 16.6 Å². The quantitative estimate of drug-likeness (QED) is 0.692. The highest BCUT2D eigenvalue weighted by Gasteiger charge is 2.15. The van der Waals surface area contributed by atoms with Gasteiger partial charge in [0, 0.05) is 23.3 Å². The van der Waals surface area contributed by atoms with Gasteiger partial charge in [-0.05, 0) is 40.2 Å². The summed E-state index contributed by atoms with van der Waals surface area (Å²) in [6.45, 7) is 2.04. The molecule has 18 heavy (non-hydrogen) atoms. The van der Waals surface area contributed by atoms with Gasteiger partial charge in [-0.2, -0.15) is 0 Å². The summed E-state index contributed by atoms with van der Waals surface area (Å²) in [6.07, 6.45) is 0.805. The zero-order valence-electron chi connectivity index (χ0n) is 11.1. The minimum atomic E-state index is -3.34. The van der Waals surface area contributed by atoms with Crippen LogP contribution >= 0.6 is 11.3 Å². The number of nitrogens with zero attached hydrogens (tertiary/aromatic N) is 1. The SMILES string of the molecule is CNCc1cc(S(=O)(=O)NCCCN(C)C)cs1. The van der Waals surface area contributed by atoms with Gasteiger partial charge in [-0.15, -0.1) is 11.3 Å². The molecule has 2 N–H and O–H groups in total. The Morgan fingerprint density at radius 2 is 2.11 bits per heavy atom. The third-order valence-electron chi connectivity index (χ3n) is 2.37. The van der Waals surface area contributed by atoms with Crippen LogP contribution in [0.1, 0.15) is 11.3 Å². The Kier molecular flexibility index (Phi) is 6.24. The van der Waals surface area contributed by atoms with Crippen LogP contribution < -0.4 is 10.0 Å². The van der Waals surface area contributed by atoms with Crippen LogP contribution in [0.3, 0.4) is 0 Å². The average Bonchev–Trinajstić information content (AvgIpc) is 2.74. The molecule has 0 spiro atoms. The highest BCUT2D eigenvalue weighted by atomic mass is 32.2. The fourth-order valence-corrected chi connectivity index (χ4v) is 3.81. The monoisotopic (exact) mass is 291 g/mol. The number of rotatable bonds is 8. The fourth-order valence-electron chi connectivity index (χ4n) is 1.45. The molecule has 1 rings (SSSR count). The summed E-state index contributed by atoms with van der Waals surface area (Å²) in [6, 6.07) is 1.72. The van der Waals surface area contributed by atoms with Crippen LogP contribution in [0.4, 0.5) is 0 Å². The van der Waals surface area contributed by atoms with Crippen LogP contribution in [0, 0.1) is 0 Å². The summed E-state index contributed by atoms with van der Waals surface area (Å²) in [5.74, 6) is 0. The molecule has 0 bridgehead atoms. The van der Waals surface area contributed by atoms with Crippen molar-refractivity contribution in [1.82, 2.24) is 14.9 Å². The van der Waals surface area contributed by atoms with Gasteiger partial charge >= 0.3 is 0 Å². The number of sulfonamides is 1. The van der Waals surface area contributed by atoms with E-state index < -0.39 is 10.0 Å². The van der Waals surface area contributed by atoms with Crippen molar-refractivity contribution in [2.45, 2.75) is 17.9 Å². The number of hydrogen-bond acceptors (Lipinski definition) is 5. The van der Waals surface area contributed by atoms with E-state index in [0.717, 1.165) is 17.8 Å². The van der Waals surface area contributed by atoms with E-state index in [9.17, 15) is 8.42 Å². The molecule has 0 radical (unpaired) electrons. The maximum atomic E-state index is 12.0. The Morgan fingerprint density at radius 3 is 2.72 bits per heavy atom. The Labute approximate surface area is 113 Å². The molecule has 7 heteroatoms. The van der Waals surface area contributed by atoms with Crippen LogP contribution in [0.5, 0.6) is 0 Å². The Balaban J connectivity index is 2.51. The molecule has 104 valence electrons. The predicted molar refractivity (Wildman–Crippen MR) is 75.4 cm³/mol. The lowest BCUT2D eigenvalue weighted by atomic mass is 10.4. The van der Waals surface area contributed by atoms with Crippen LogP contribution in [0.25, 0.3) is 0 Å². The molecule has 0 aliphatic rings. The van der Waals surface area contributed by atoms with Crippen molar-refractivity contribution >= 4 is 21.4 Å². The van der Waals surface area contributed by atoms with Crippen molar-refractivity contribution in [1.29, 1.82) is 0 Å². The summed E-state index contributed by atoms with van der Waals surface area (Å²) < 4.78 is 26.5. The molecule has 0 amide bonds. The van der Waals surface area contributed by atoms with Gasteiger partial charge in [-0.25, -0.2) is 13.1 Å². The summed E-state index contributed by atoms with van der Waals surface area (Å²) in [5.41, 5.74) is 0. The van der Waals surface area contributed by atoms with Gasteiger partial charge in [0.05, 0.1) is 4.90 Å². The van der Waals surface area contributed by atoms with Gasteiger partial charge < -0.3 is 10.2 Å². The molecule has 1 aromatic heterocycles. The maximum absolute atomic E-state index is 12.0. The van der Waals surface area contributed by atoms with Crippen molar-refractivity contribution in [3.8, 4) is 0 Å². The molecule has 0 atom stereocenters. The van der Waals surface area contributed by atoms with E-state index in [2.05, 4.69) is 10.0 Å². The third kappa shape index (κ3) is 5.03. The first kappa shape index (κ1) is 15.6. The minimum Gasteiger partial charge on any atom is -0.315 e. The highest BCUT2D eigenvalue weighted by Crippen LogP contribution is 2.18. The Bertz CT molecular complexity index is 455. The van der Waals surface area contributed by atoms with E-state index >= 15 is 0 Å². The predicted octanol–water partition coefficient (Wildman–Crippen LogP) is 0.697.